The minimum atomic E-state index is -0.204. The first kappa shape index (κ1) is 13.2. The van der Waals surface area contributed by atoms with E-state index in [0.29, 0.717) is 5.89 Å². The van der Waals surface area contributed by atoms with E-state index < -0.39 is 0 Å². The van der Waals surface area contributed by atoms with Crippen LogP contribution in [0, 0.1) is 17.8 Å². The van der Waals surface area contributed by atoms with Crippen molar-refractivity contribution in [2.24, 2.45) is 23.5 Å². The van der Waals surface area contributed by atoms with Gasteiger partial charge in [0.2, 0.25) is 11.8 Å². The molecular formula is C15H22N4O2. The van der Waals surface area contributed by atoms with Crippen molar-refractivity contribution in [1.82, 2.24) is 15.5 Å². The van der Waals surface area contributed by atoms with Crippen molar-refractivity contribution < 1.29 is 9.32 Å². The number of aromatic nitrogens is 2. The molecule has 0 unspecified atom stereocenters. The fraction of sp³-hybridized carbons (Fsp3) is 0.800. The molecule has 21 heavy (non-hydrogen) atoms. The van der Waals surface area contributed by atoms with E-state index in [1.165, 1.54) is 38.5 Å². The standard InChI is InChI=1S/C15H22N4O2/c16-7-12(20)17-8-13-18-14(19-21-13)15-4-9-1-10(5-15)3-11(2-9)6-15/h9-11H,1-8,16H2,(H,17,20). The molecule has 4 aliphatic carbocycles. The average Bonchev–Trinajstić information content (AvgIpc) is 2.93. The second kappa shape index (κ2) is 4.80. The quantitative estimate of drug-likeness (QED) is 0.866. The van der Waals surface area contributed by atoms with Crippen LogP contribution in [0.2, 0.25) is 0 Å². The molecule has 114 valence electrons. The van der Waals surface area contributed by atoms with E-state index in [-0.39, 0.29) is 24.4 Å². The van der Waals surface area contributed by atoms with Crippen LogP contribution in [0.1, 0.15) is 50.2 Å². The molecule has 0 radical (unpaired) electrons. The Morgan fingerprint density at radius 2 is 1.86 bits per heavy atom. The van der Waals surface area contributed by atoms with E-state index in [2.05, 4.69) is 15.5 Å². The van der Waals surface area contributed by atoms with Crippen LogP contribution in [-0.2, 0) is 16.8 Å². The van der Waals surface area contributed by atoms with Crippen LogP contribution < -0.4 is 11.1 Å². The zero-order valence-corrected chi connectivity index (χ0v) is 12.2. The molecule has 4 saturated carbocycles. The summed E-state index contributed by atoms with van der Waals surface area (Å²) in [7, 11) is 0. The molecule has 4 bridgehead atoms. The summed E-state index contributed by atoms with van der Waals surface area (Å²) in [5.41, 5.74) is 5.41. The van der Waals surface area contributed by atoms with E-state index >= 15 is 0 Å². The van der Waals surface area contributed by atoms with Crippen molar-refractivity contribution >= 4 is 5.91 Å². The van der Waals surface area contributed by atoms with Crippen molar-refractivity contribution in [3.63, 3.8) is 0 Å². The number of hydrogen-bond donors (Lipinski definition) is 2. The third kappa shape index (κ3) is 2.25. The van der Waals surface area contributed by atoms with E-state index in [1.54, 1.807) is 0 Å². The van der Waals surface area contributed by atoms with Crippen molar-refractivity contribution in [3.8, 4) is 0 Å². The highest BCUT2D eigenvalue weighted by Crippen LogP contribution is 2.60. The van der Waals surface area contributed by atoms with Gasteiger partial charge in [-0.15, -0.1) is 0 Å². The van der Waals surface area contributed by atoms with Crippen LogP contribution in [0.15, 0.2) is 4.52 Å². The molecule has 0 saturated heterocycles. The summed E-state index contributed by atoms with van der Waals surface area (Å²) < 4.78 is 5.33. The average molecular weight is 290 g/mol. The van der Waals surface area contributed by atoms with Crippen LogP contribution in [0.4, 0.5) is 0 Å². The number of nitrogens with one attached hydrogen (secondary N) is 1. The van der Waals surface area contributed by atoms with Gasteiger partial charge in [-0.25, -0.2) is 0 Å². The Kier molecular flexibility index (Phi) is 3.03. The summed E-state index contributed by atoms with van der Waals surface area (Å²) in [6, 6.07) is 0. The van der Waals surface area contributed by atoms with Crippen LogP contribution in [-0.4, -0.2) is 22.6 Å². The highest BCUT2D eigenvalue weighted by atomic mass is 16.5. The summed E-state index contributed by atoms with van der Waals surface area (Å²) in [5, 5.41) is 6.92. The zero-order chi connectivity index (χ0) is 14.4. The highest BCUT2D eigenvalue weighted by molar-refractivity contribution is 5.77. The fourth-order valence-corrected chi connectivity index (χ4v) is 5.17. The maximum Gasteiger partial charge on any atom is 0.246 e. The zero-order valence-electron chi connectivity index (χ0n) is 12.2. The first-order chi connectivity index (χ1) is 10.2. The molecule has 0 aliphatic heterocycles. The number of amides is 1. The predicted molar refractivity (Wildman–Crippen MR) is 75.0 cm³/mol. The van der Waals surface area contributed by atoms with Gasteiger partial charge in [0, 0.05) is 5.41 Å². The first-order valence-corrected chi connectivity index (χ1v) is 7.97. The lowest BCUT2D eigenvalue weighted by Crippen LogP contribution is -2.49. The topological polar surface area (TPSA) is 94.0 Å². The Morgan fingerprint density at radius 1 is 1.24 bits per heavy atom. The second-order valence-electron chi connectivity index (χ2n) is 7.19. The Bertz CT molecular complexity index is 518. The number of carbonyl (C=O) groups excluding carboxylic acids is 1. The van der Waals surface area contributed by atoms with Crippen LogP contribution in [0.3, 0.4) is 0 Å². The van der Waals surface area contributed by atoms with Crippen LogP contribution >= 0.6 is 0 Å². The molecule has 4 fully saturated rings. The van der Waals surface area contributed by atoms with Crippen molar-refractivity contribution in [3.05, 3.63) is 11.7 Å². The third-order valence-electron chi connectivity index (χ3n) is 5.60. The third-order valence-corrected chi connectivity index (χ3v) is 5.60. The monoisotopic (exact) mass is 290 g/mol. The summed E-state index contributed by atoms with van der Waals surface area (Å²) >= 11 is 0. The Balaban J connectivity index is 1.51. The molecule has 6 heteroatoms. The SMILES string of the molecule is NCC(=O)NCc1nc(C23CC4CC(CC(C4)C2)C3)no1. The summed E-state index contributed by atoms with van der Waals surface area (Å²) in [5.74, 6) is 3.73. The Morgan fingerprint density at radius 3 is 2.43 bits per heavy atom. The molecule has 5 rings (SSSR count). The number of nitrogens with zero attached hydrogens (tertiary/aromatic N) is 2. The Labute approximate surface area is 123 Å². The van der Waals surface area contributed by atoms with E-state index in [9.17, 15) is 4.79 Å². The fourth-order valence-electron chi connectivity index (χ4n) is 5.17. The molecule has 4 aliphatic rings. The molecular weight excluding hydrogens is 268 g/mol. The minimum absolute atomic E-state index is 0.0179. The largest absolute Gasteiger partial charge is 0.346 e. The van der Waals surface area contributed by atoms with Gasteiger partial charge in [0.25, 0.3) is 0 Å². The molecule has 1 aromatic heterocycles. The molecule has 3 N–H and O–H groups in total. The molecule has 1 aromatic rings. The number of nitrogens with two attached hydrogens (primary N) is 1. The van der Waals surface area contributed by atoms with Gasteiger partial charge < -0.3 is 15.6 Å². The van der Waals surface area contributed by atoms with Gasteiger partial charge in [-0.2, -0.15) is 4.98 Å². The molecule has 0 atom stereocenters. The molecule has 6 nitrogen and oxygen atoms in total. The van der Waals surface area contributed by atoms with Gasteiger partial charge in [-0.05, 0) is 56.3 Å². The molecule has 1 heterocycles. The summed E-state index contributed by atoms with van der Waals surface area (Å²) in [4.78, 5) is 15.8. The van der Waals surface area contributed by atoms with Gasteiger partial charge >= 0.3 is 0 Å². The van der Waals surface area contributed by atoms with E-state index in [1.807, 2.05) is 0 Å². The van der Waals surface area contributed by atoms with Crippen molar-refractivity contribution in [2.45, 2.75) is 50.5 Å². The second-order valence-corrected chi connectivity index (χ2v) is 7.19. The lowest BCUT2D eigenvalue weighted by Gasteiger charge is -2.55. The van der Waals surface area contributed by atoms with Crippen molar-refractivity contribution in [2.75, 3.05) is 6.54 Å². The minimum Gasteiger partial charge on any atom is -0.346 e. The Hall–Kier alpha value is -1.43. The maximum atomic E-state index is 11.2. The molecule has 0 spiro atoms. The number of rotatable bonds is 4. The first-order valence-electron chi connectivity index (χ1n) is 7.97. The predicted octanol–water partition coefficient (Wildman–Crippen LogP) is 1.11. The summed E-state index contributed by atoms with van der Waals surface area (Å²) in [6.45, 7) is 0.255. The van der Waals surface area contributed by atoms with Gasteiger partial charge in [-0.3, -0.25) is 4.79 Å². The van der Waals surface area contributed by atoms with E-state index in [0.717, 1.165) is 23.6 Å². The number of carbonyl (C=O) groups is 1. The van der Waals surface area contributed by atoms with Gasteiger partial charge in [0.05, 0.1) is 13.1 Å². The number of hydrogen-bond acceptors (Lipinski definition) is 5. The lowest BCUT2D eigenvalue weighted by molar-refractivity contribution is -0.120. The molecule has 1 amide bonds. The molecule has 0 aromatic carbocycles. The van der Waals surface area contributed by atoms with Crippen LogP contribution in [0.25, 0.3) is 0 Å². The van der Waals surface area contributed by atoms with E-state index in [4.69, 9.17) is 10.3 Å². The van der Waals surface area contributed by atoms with Crippen LogP contribution in [0.5, 0.6) is 0 Å². The summed E-state index contributed by atoms with van der Waals surface area (Å²) in [6.07, 6.45) is 7.84. The normalized spacial score (nSPS) is 36.9. The highest BCUT2D eigenvalue weighted by Gasteiger charge is 2.53. The lowest BCUT2D eigenvalue weighted by atomic mass is 9.49. The van der Waals surface area contributed by atoms with Gasteiger partial charge in [-0.1, -0.05) is 5.16 Å². The van der Waals surface area contributed by atoms with Gasteiger partial charge in [0.15, 0.2) is 5.82 Å². The smallest absolute Gasteiger partial charge is 0.246 e. The maximum absolute atomic E-state index is 11.2. The van der Waals surface area contributed by atoms with Gasteiger partial charge in [0.1, 0.15) is 0 Å². The van der Waals surface area contributed by atoms with Crippen molar-refractivity contribution in [1.29, 1.82) is 0 Å².